The first kappa shape index (κ1) is 11.2. The van der Waals surface area contributed by atoms with Crippen LogP contribution in [-0.4, -0.2) is 12.3 Å². The maximum absolute atomic E-state index is 4.75. The lowest BCUT2D eigenvalue weighted by molar-refractivity contribution is 0.940. The lowest BCUT2D eigenvalue weighted by Crippen LogP contribution is -2.15. The van der Waals surface area contributed by atoms with Crippen molar-refractivity contribution in [3.8, 4) is 0 Å². The molecule has 2 aromatic carbocycles. The number of nitrogens with zero attached hydrogens (tertiary/aromatic N) is 1. The van der Waals surface area contributed by atoms with Crippen molar-refractivity contribution < 1.29 is 0 Å². The van der Waals surface area contributed by atoms with Crippen molar-refractivity contribution in [1.82, 2.24) is 0 Å². The molecule has 0 saturated heterocycles. The number of aliphatic imine (C=N–C) groups is 1. The molecule has 0 atom stereocenters. The molecule has 0 N–H and O–H groups in total. The van der Waals surface area contributed by atoms with Crippen molar-refractivity contribution in [2.45, 2.75) is 20.3 Å². The van der Waals surface area contributed by atoms with Crippen LogP contribution < -0.4 is 0 Å². The molecule has 1 nitrogen and oxygen atoms in total. The smallest absolute Gasteiger partial charge is 0.0724 e. The number of aryl methyl sites for hydroxylation is 2. The number of benzene rings is 2. The molecule has 0 bridgehead atoms. The molecule has 90 valence electrons. The summed E-state index contributed by atoms with van der Waals surface area (Å²) in [6.45, 7) is 5.19. The van der Waals surface area contributed by atoms with Crippen LogP contribution >= 0.6 is 0 Å². The Morgan fingerprint density at radius 3 is 2.50 bits per heavy atom. The number of rotatable bonds is 1. The minimum absolute atomic E-state index is 0.902. The monoisotopic (exact) mass is 235 g/mol. The molecular weight excluding hydrogens is 218 g/mol. The van der Waals surface area contributed by atoms with Gasteiger partial charge in [0.25, 0.3) is 0 Å². The first-order chi connectivity index (χ1) is 8.75. The molecule has 0 fully saturated rings. The standard InChI is InChI=1S/C17H17N/c1-12-6-8-15(9-7-12)17-16-13(2)4-3-5-14(16)10-11-18-17/h3-9H,10-11H2,1-2H3. The van der Waals surface area contributed by atoms with Crippen molar-refractivity contribution in [1.29, 1.82) is 0 Å². The van der Waals surface area contributed by atoms with E-state index >= 15 is 0 Å². The van der Waals surface area contributed by atoms with Crippen LogP contribution in [0.3, 0.4) is 0 Å². The maximum Gasteiger partial charge on any atom is 0.0724 e. The molecule has 3 rings (SSSR count). The van der Waals surface area contributed by atoms with Crippen molar-refractivity contribution in [2.24, 2.45) is 4.99 Å². The van der Waals surface area contributed by atoms with Crippen molar-refractivity contribution in [3.05, 3.63) is 70.3 Å². The molecule has 0 amide bonds. The van der Waals surface area contributed by atoms with Crippen LogP contribution in [0.15, 0.2) is 47.5 Å². The highest BCUT2D eigenvalue weighted by atomic mass is 14.7. The summed E-state index contributed by atoms with van der Waals surface area (Å²) in [5.74, 6) is 0. The summed E-state index contributed by atoms with van der Waals surface area (Å²) in [5, 5.41) is 0. The molecule has 0 radical (unpaired) electrons. The molecule has 0 spiro atoms. The average molecular weight is 235 g/mol. The normalized spacial score (nSPS) is 14.0. The highest BCUT2D eigenvalue weighted by Crippen LogP contribution is 2.23. The van der Waals surface area contributed by atoms with E-state index in [4.69, 9.17) is 4.99 Å². The summed E-state index contributed by atoms with van der Waals surface area (Å²) in [6, 6.07) is 15.2. The molecule has 0 unspecified atom stereocenters. The predicted molar refractivity (Wildman–Crippen MR) is 76.6 cm³/mol. The van der Waals surface area contributed by atoms with E-state index in [2.05, 4.69) is 56.3 Å². The fourth-order valence-electron chi connectivity index (χ4n) is 2.59. The van der Waals surface area contributed by atoms with E-state index < -0.39 is 0 Å². The van der Waals surface area contributed by atoms with Gasteiger partial charge in [-0.25, -0.2) is 0 Å². The van der Waals surface area contributed by atoms with Crippen molar-refractivity contribution in [3.63, 3.8) is 0 Å². The van der Waals surface area contributed by atoms with Gasteiger partial charge in [0.15, 0.2) is 0 Å². The van der Waals surface area contributed by atoms with E-state index in [0.29, 0.717) is 0 Å². The van der Waals surface area contributed by atoms with Crippen molar-refractivity contribution >= 4 is 5.71 Å². The van der Waals surface area contributed by atoms with E-state index in [1.54, 1.807) is 0 Å². The Bertz CT molecular complexity index is 606. The molecule has 1 heterocycles. The summed E-state index contributed by atoms with van der Waals surface area (Å²) >= 11 is 0. The van der Waals surface area contributed by atoms with Gasteiger partial charge < -0.3 is 0 Å². The zero-order valence-electron chi connectivity index (χ0n) is 10.9. The van der Waals surface area contributed by atoms with Crippen LogP contribution in [-0.2, 0) is 6.42 Å². The topological polar surface area (TPSA) is 12.4 Å². The van der Waals surface area contributed by atoms with Gasteiger partial charge in [-0.1, -0.05) is 48.0 Å². The van der Waals surface area contributed by atoms with Gasteiger partial charge in [0.05, 0.1) is 5.71 Å². The van der Waals surface area contributed by atoms with E-state index in [1.165, 1.54) is 27.8 Å². The maximum atomic E-state index is 4.75. The molecule has 18 heavy (non-hydrogen) atoms. The zero-order valence-corrected chi connectivity index (χ0v) is 10.9. The minimum Gasteiger partial charge on any atom is -0.284 e. The predicted octanol–water partition coefficient (Wildman–Crippen LogP) is 3.70. The Morgan fingerprint density at radius 1 is 0.944 bits per heavy atom. The summed E-state index contributed by atoms with van der Waals surface area (Å²) < 4.78 is 0. The van der Waals surface area contributed by atoms with Crippen molar-refractivity contribution in [2.75, 3.05) is 6.54 Å². The Kier molecular flexibility index (Phi) is 2.75. The molecule has 1 heteroatoms. The third kappa shape index (κ3) is 1.86. The quantitative estimate of drug-likeness (QED) is 0.714. The second kappa shape index (κ2) is 4.41. The van der Waals surface area contributed by atoms with E-state index in [9.17, 15) is 0 Å². The van der Waals surface area contributed by atoms with Gasteiger partial charge in [-0.3, -0.25) is 4.99 Å². The molecule has 1 aliphatic rings. The van der Waals surface area contributed by atoms with Crippen LogP contribution in [0.4, 0.5) is 0 Å². The van der Waals surface area contributed by atoms with E-state index in [-0.39, 0.29) is 0 Å². The van der Waals surface area contributed by atoms with Gasteiger partial charge in [-0.2, -0.15) is 0 Å². The molecule has 2 aromatic rings. The molecule has 0 aromatic heterocycles. The summed E-state index contributed by atoms with van der Waals surface area (Å²) in [6.07, 6.45) is 1.06. The Morgan fingerprint density at radius 2 is 1.72 bits per heavy atom. The van der Waals surface area contributed by atoms with Gasteiger partial charge >= 0.3 is 0 Å². The van der Waals surface area contributed by atoms with Gasteiger partial charge in [-0.15, -0.1) is 0 Å². The van der Waals surface area contributed by atoms with E-state index in [1.807, 2.05) is 0 Å². The largest absolute Gasteiger partial charge is 0.284 e. The highest BCUT2D eigenvalue weighted by molar-refractivity contribution is 6.15. The fourth-order valence-corrected chi connectivity index (χ4v) is 2.59. The molecular formula is C17H17N. The number of fused-ring (bicyclic) bond motifs is 1. The zero-order chi connectivity index (χ0) is 12.5. The van der Waals surface area contributed by atoms with Gasteiger partial charge in [0.1, 0.15) is 0 Å². The highest BCUT2D eigenvalue weighted by Gasteiger charge is 2.17. The molecule has 0 saturated carbocycles. The lowest BCUT2D eigenvalue weighted by Gasteiger charge is -2.19. The molecule has 0 aliphatic carbocycles. The number of hydrogen-bond acceptors (Lipinski definition) is 1. The SMILES string of the molecule is Cc1ccc(C2=NCCc3cccc(C)c32)cc1. The Labute approximate surface area is 108 Å². The van der Waals surface area contributed by atoms with Crippen LogP contribution in [0.25, 0.3) is 0 Å². The van der Waals surface area contributed by atoms with Gasteiger partial charge in [0, 0.05) is 17.7 Å². The van der Waals surface area contributed by atoms with Gasteiger partial charge in [0.2, 0.25) is 0 Å². The summed E-state index contributed by atoms with van der Waals surface area (Å²) in [5.41, 5.74) is 7.78. The summed E-state index contributed by atoms with van der Waals surface area (Å²) in [4.78, 5) is 4.75. The summed E-state index contributed by atoms with van der Waals surface area (Å²) in [7, 11) is 0. The third-order valence-electron chi connectivity index (χ3n) is 3.57. The fraction of sp³-hybridized carbons (Fsp3) is 0.235. The Balaban J connectivity index is 2.15. The lowest BCUT2D eigenvalue weighted by atomic mass is 9.90. The first-order valence-corrected chi connectivity index (χ1v) is 6.46. The Hall–Kier alpha value is -1.89. The van der Waals surface area contributed by atoms with E-state index in [0.717, 1.165) is 18.7 Å². The van der Waals surface area contributed by atoms with Crippen LogP contribution in [0.5, 0.6) is 0 Å². The second-order valence-electron chi connectivity index (χ2n) is 4.96. The third-order valence-corrected chi connectivity index (χ3v) is 3.57. The van der Waals surface area contributed by atoms with Crippen LogP contribution in [0.1, 0.15) is 27.8 Å². The average Bonchev–Trinajstić information content (AvgIpc) is 2.39. The van der Waals surface area contributed by atoms with Crippen LogP contribution in [0, 0.1) is 13.8 Å². The number of hydrogen-bond donors (Lipinski definition) is 0. The van der Waals surface area contributed by atoms with Crippen LogP contribution in [0.2, 0.25) is 0 Å². The first-order valence-electron chi connectivity index (χ1n) is 6.46. The minimum atomic E-state index is 0.902. The molecule has 1 aliphatic heterocycles. The second-order valence-corrected chi connectivity index (χ2v) is 4.96. The van der Waals surface area contributed by atoms with Gasteiger partial charge in [-0.05, 0) is 31.4 Å².